The van der Waals surface area contributed by atoms with Gasteiger partial charge in [-0.15, -0.1) is 0 Å². The molecule has 0 aliphatic rings. The van der Waals surface area contributed by atoms with Crippen LogP contribution in [0.15, 0.2) is 23.2 Å². The van der Waals surface area contributed by atoms with Crippen LogP contribution >= 0.6 is 0 Å². The summed E-state index contributed by atoms with van der Waals surface area (Å²) >= 11 is 0. The van der Waals surface area contributed by atoms with Crippen LogP contribution in [0.1, 0.15) is 13.3 Å². The van der Waals surface area contributed by atoms with Crippen LogP contribution in [0.5, 0.6) is 0 Å². The fourth-order valence-electron chi connectivity index (χ4n) is 1.61. The molecule has 1 heterocycles. The number of sulfonamides is 1. The van der Waals surface area contributed by atoms with Crippen molar-refractivity contribution in [2.24, 2.45) is 0 Å². The molecule has 0 unspecified atom stereocenters. The molecule has 1 aromatic rings. The van der Waals surface area contributed by atoms with E-state index >= 15 is 0 Å². The highest BCUT2D eigenvalue weighted by atomic mass is 32.2. The van der Waals surface area contributed by atoms with Crippen LogP contribution in [0.25, 0.3) is 0 Å². The van der Waals surface area contributed by atoms with Crippen LogP contribution in [-0.2, 0) is 10.0 Å². The highest BCUT2D eigenvalue weighted by molar-refractivity contribution is 7.89. The first-order valence-corrected chi connectivity index (χ1v) is 7.68. The molecule has 0 saturated carbocycles. The van der Waals surface area contributed by atoms with Crippen molar-refractivity contribution in [2.45, 2.75) is 18.2 Å². The van der Waals surface area contributed by atoms with E-state index in [0.717, 1.165) is 6.42 Å². The zero-order valence-electron chi connectivity index (χ0n) is 11.7. The van der Waals surface area contributed by atoms with E-state index in [0.29, 0.717) is 25.5 Å². The maximum absolute atomic E-state index is 12.5. The monoisotopic (exact) mass is 286 g/mol. The number of rotatable bonds is 7. The van der Waals surface area contributed by atoms with Gasteiger partial charge in [-0.2, -0.15) is 4.31 Å². The maximum atomic E-state index is 12.5. The first-order valence-electron chi connectivity index (χ1n) is 6.24. The molecule has 0 aliphatic carbocycles. The third kappa shape index (κ3) is 4.45. The summed E-state index contributed by atoms with van der Waals surface area (Å²) in [5.41, 5.74) is 5.48. The summed E-state index contributed by atoms with van der Waals surface area (Å²) in [6, 6.07) is 3.00. The molecule has 0 bridgehead atoms. The number of nitrogens with zero attached hydrogens (tertiary/aromatic N) is 3. The van der Waals surface area contributed by atoms with Crippen molar-refractivity contribution in [2.75, 3.05) is 39.5 Å². The van der Waals surface area contributed by atoms with Gasteiger partial charge in [-0.25, -0.2) is 13.4 Å². The Balaban J connectivity index is 2.95. The van der Waals surface area contributed by atoms with Gasteiger partial charge in [-0.1, -0.05) is 6.92 Å². The van der Waals surface area contributed by atoms with Gasteiger partial charge in [0, 0.05) is 25.8 Å². The smallest absolute Gasteiger partial charge is 0.244 e. The van der Waals surface area contributed by atoms with E-state index in [-0.39, 0.29) is 4.90 Å². The van der Waals surface area contributed by atoms with Crippen LogP contribution < -0.4 is 5.73 Å². The molecule has 0 radical (unpaired) electrons. The molecule has 0 atom stereocenters. The van der Waals surface area contributed by atoms with E-state index in [9.17, 15) is 8.42 Å². The summed E-state index contributed by atoms with van der Waals surface area (Å²) in [5, 5.41) is 0. The van der Waals surface area contributed by atoms with Crippen molar-refractivity contribution >= 4 is 15.8 Å². The molecule has 0 fully saturated rings. The molecule has 0 amide bonds. The Hall–Kier alpha value is -1.18. The molecule has 108 valence electrons. The highest BCUT2D eigenvalue weighted by Gasteiger charge is 2.23. The predicted molar refractivity (Wildman–Crippen MR) is 76.3 cm³/mol. The van der Waals surface area contributed by atoms with E-state index in [4.69, 9.17) is 5.73 Å². The Bertz CT molecular complexity index is 485. The van der Waals surface area contributed by atoms with Crippen LogP contribution in [0, 0.1) is 0 Å². The fourth-order valence-corrected chi connectivity index (χ4v) is 3.08. The van der Waals surface area contributed by atoms with E-state index in [1.807, 2.05) is 25.9 Å². The van der Waals surface area contributed by atoms with Crippen molar-refractivity contribution in [3.63, 3.8) is 0 Å². The molecule has 0 spiro atoms. The summed E-state index contributed by atoms with van der Waals surface area (Å²) in [5.74, 6) is 0.314. The highest BCUT2D eigenvalue weighted by Crippen LogP contribution is 2.15. The van der Waals surface area contributed by atoms with Crippen molar-refractivity contribution in [3.05, 3.63) is 18.3 Å². The largest absolute Gasteiger partial charge is 0.384 e. The second-order valence-corrected chi connectivity index (χ2v) is 6.56. The minimum Gasteiger partial charge on any atom is -0.384 e. The average Bonchev–Trinajstić information content (AvgIpc) is 2.34. The molecule has 7 heteroatoms. The number of likely N-dealkylation sites (N-methyl/N-ethyl adjacent to an activating group) is 1. The van der Waals surface area contributed by atoms with Crippen molar-refractivity contribution in [1.82, 2.24) is 14.2 Å². The zero-order valence-corrected chi connectivity index (χ0v) is 12.5. The molecule has 0 aliphatic heterocycles. The van der Waals surface area contributed by atoms with E-state index < -0.39 is 10.0 Å². The van der Waals surface area contributed by atoms with Gasteiger partial charge in [0.05, 0.1) is 0 Å². The van der Waals surface area contributed by atoms with Gasteiger partial charge in [-0.05, 0) is 32.6 Å². The lowest BCUT2D eigenvalue weighted by Gasteiger charge is -2.23. The predicted octanol–water partition coefficient (Wildman–Crippen LogP) is 0.626. The number of anilines is 1. The first-order chi connectivity index (χ1) is 8.87. The molecular weight excluding hydrogens is 264 g/mol. The third-order valence-corrected chi connectivity index (χ3v) is 4.55. The lowest BCUT2D eigenvalue weighted by atomic mass is 10.4. The average molecular weight is 286 g/mol. The summed E-state index contributed by atoms with van der Waals surface area (Å²) in [4.78, 5) is 5.99. The number of nitrogen functional groups attached to an aromatic ring is 1. The Kier molecular flexibility index (Phi) is 5.71. The number of aromatic nitrogens is 1. The molecule has 1 aromatic heterocycles. The summed E-state index contributed by atoms with van der Waals surface area (Å²) < 4.78 is 26.4. The van der Waals surface area contributed by atoms with Crippen molar-refractivity contribution in [3.8, 4) is 0 Å². The number of hydrogen-bond acceptors (Lipinski definition) is 5. The lowest BCUT2D eigenvalue weighted by molar-refractivity contribution is 0.333. The van der Waals surface area contributed by atoms with Gasteiger partial charge < -0.3 is 10.6 Å². The van der Waals surface area contributed by atoms with Crippen LogP contribution in [-0.4, -0.2) is 56.3 Å². The minimum absolute atomic E-state index is 0.189. The zero-order chi connectivity index (χ0) is 14.5. The quantitative estimate of drug-likeness (QED) is 0.795. The second-order valence-electron chi connectivity index (χ2n) is 4.63. The van der Waals surface area contributed by atoms with Gasteiger partial charge >= 0.3 is 0 Å². The van der Waals surface area contributed by atoms with Gasteiger partial charge in [0.15, 0.2) is 0 Å². The van der Waals surface area contributed by atoms with Crippen molar-refractivity contribution in [1.29, 1.82) is 0 Å². The maximum Gasteiger partial charge on any atom is 0.244 e. The number of nitrogens with two attached hydrogens (primary N) is 1. The van der Waals surface area contributed by atoms with Crippen molar-refractivity contribution < 1.29 is 8.42 Å². The Morgan fingerprint density at radius 1 is 1.21 bits per heavy atom. The molecule has 1 rings (SSSR count). The molecule has 0 aromatic carbocycles. The summed E-state index contributed by atoms with van der Waals surface area (Å²) in [6.07, 6.45) is 2.08. The molecule has 2 N–H and O–H groups in total. The Morgan fingerprint density at radius 2 is 1.89 bits per heavy atom. The first kappa shape index (κ1) is 15.9. The number of hydrogen-bond donors (Lipinski definition) is 1. The topological polar surface area (TPSA) is 79.5 Å². The minimum atomic E-state index is -3.49. The fraction of sp³-hybridized carbons (Fsp3) is 0.583. The van der Waals surface area contributed by atoms with Crippen LogP contribution in [0.2, 0.25) is 0 Å². The van der Waals surface area contributed by atoms with Gasteiger partial charge in [0.2, 0.25) is 10.0 Å². The Morgan fingerprint density at radius 3 is 2.37 bits per heavy atom. The number of pyridine rings is 1. The van der Waals surface area contributed by atoms with Gasteiger partial charge in [-0.3, -0.25) is 0 Å². The standard InChI is InChI=1S/C12H22N4O2S/c1-4-7-16(9-8-15(2)3)19(17,18)11-5-6-12(13)14-10-11/h5-6,10H,4,7-9H2,1-3H3,(H2,13,14). The SMILES string of the molecule is CCCN(CCN(C)C)S(=O)(=O)c1ccc(N)nc1. The van der Waals surface area contributed by atoms with Crippen LogP contribution in [0.4, 0.5) is 5.82 Å². The van der Waals surface area contributed by atoms with Crippen LogP contribution in [0.3, 0.4) is 0 Å². The second kappa shape index (κ2) is 6.83. The summed E-state index contributed by atoms with van der Waals surface area (Å²) in [7, 11) is 0.349. The molecule has 0 saturated heterocycles. The molecule has 6 nitrogen and oxygen atoms in total. The molecule has 19 heavy (non-hydrogen) atoms. The lowest BCUT2D eigenvalue weighted by Crippen LogP contribution is -2.37. The normalized spacial score (nSPS) is 12.3. The third-order valence-electron chi connectivity index (χ3n) is 2.67. The van der Waals surface area contributed by atoms with E-state index in [1.54, 1.807) is 0 Å². The van der Waals surface area contributed by atoms with E-state index in [1.165, 1.54) is 22.6 Å². The Labute approximate surface area is 115 Å². The van der Waals surface area contributed by atoms with Gasteiger partial charge in [0.25, 0.3) is 0 Å². The summed E-state index contributed by atoms with van der Waals surface area (Å²) in [6.45, 7) is 3.61. The van der Waals surface area contributed by atoms with Gasteiger partial charge in [0.1, 0.15) is 10.7 Å². The van der Waals surface area contributed by atoms with E-state index in [2.05, 4.69) is 4.98 Å². The molecular formula is C12H22N4O2S.